The molecule has 0 aromatic heterocycles. The molecule has 82 valence electrons. The summed E-state index contributed by atoms with van der Waals surface area (Å²) in [6.45, 7) is 1.46. The van der Waals surface area contributed by atoms with Crippen LogP contribution in [0.3, 0.4) is 0 Å². The first-order valence-corrected chi connectivity index (χ1v) is 5.84. The molecular weight excluding hydrogens is 258 g/mol. The predicted molar refractivity (Wildman–Crippen MR) is 63.0 cm³/mol. The lowest BCUT2D eigenvalue weighted by atomic mass is 10.2. The fourth-order valence-corrected chi connectivity index (χ4v) is 2.12. The minimum absolute atomic E-state index is 0.241. The molecule has 4 heteroatoms. The van der Waals surface area contributed by atoms with E-state index >= 15 is 0 Å². The van der Waals surface area contributed by atoms with Gasteiger partial charge in [0, 0.05) is 22.8 Å². The van der Waals surface area contributed by atoms with Crippen molar-refractivity contribution >= 4 is 21.6 Å². The molecule has 1 aliphatic rings. The number of nitrogens with two attached hydrogens (primary N) is 1. The largest absolute Gasteiger partial charge is 0.491 e. The molecule has 0 bridgehead atoms. The highest BCUT2D eigenvalue weighted by Gasteiger charge is 2.15. The van der Waals surface area contributed by atoms with Gasteiger partial charge < -0.3 is 15.2 Å². The van der Waals surface area contributed by atoms with Crippen molar-refractivity contribution in [2.45, 2.75) is 18.9 Å². The van der Waals surface area contributed by atoms with Gasteiger partial charge in [0.05, 0.1) is 6.10 Å². The Morgan fingerprint density at radius 3 is 3.00 bits per heavy atom. The number of rotatable bonds is 3. The Labute approximate surface area is 97.7 Å². The summed E-state index contributed by atoms with van der Waals surface area (Å²) in [7, 11) is 0. The second kappa shape index (κ2) is 4.86. The lowest BCUT2D eigenvalue weighted by Gasteiger charge is -2.12. The van der Waals surface area contributed by atoms with Gasteiger partial charge in [-0.3, -0.25) is 0 Å². The molecule has 2 N–H and O–H groups in total. The van der Waals surface area contributed by atoms with Crippen LogP contribution in [-0.2, 0) is 4.74 Å². The molecule has 0 aliphatic carbocycles. The van der Waals surface area contributed by atoms with E-state index in [-0.39, 0.29) is 6.10 Å². The molecule has 15 heavy (non-hydrogen) atoms. The Morgan fingerprint density at radius 1 is 1.47 bits per heavy atom. The van der Waals surface area contributed by atoms with Gasteiger partial charge in [0.15, 0.2) is 0 Å². The van der Waals surface area contributed by atoms with Crippen molar-refractivity contribution in [1.82, 2.24) is 0 Å². The summed E-state index contributed by atoms with van der Waals surface area (Å²) in [5, 5.41) is 0. The standard InChI is InChI=1S/C11H14BrNO2/c12-8-4-9(13)6-11(5-8)15-7-10-2-1-3-14-10/h4-6,10H,1-3,7,13H2. The monoisotopic (exact) mass is 271 g/mol. The zero-order chi connectivity index (χ0) is 10.7. The van der Waals surface area contributed by atoms with Gasteiger partial charge in [0.2, 0.25) is 0 Å². The quantitative estimate of drug-likeness (QED) is 0.860. The van der Waals surface area contributed by atoms with Crippen LogP contribution in [0.15, 0.2) is 22.7 Å². The average Bonchev–Trinajstić information content (AvgIpc) is 2.65. The third-order valence-electron chi connectivity index (χ3n) is 2.35. The number of hydrogen-bond donors (Lipinski definition) is 1. The van der Waals surface area contributed by atoms with E-state index in [1.165, 1.54) is 0 Å². The highest BCUT2D eigenvalue weighted by atomic mass is 79.9. The highest BCUT2D eigenvalue weighted by molar-refractivity contribution is 9.10. The van der Waals surface area contributed by atoms with Crippen LogP contribution < -0.4 is 10.5 Å². The average molecular weight is 272 g/mol. The summed E-state index contributed by atoms with van der Waals surface area (Å²) in [6.07, 6.45) is 2.46. The number of anilines is 1. The van der Waals surface area contributed by atoms with E-state index in [4.69, 9.17) is 15.2 Å². The molecule has 0 saturated carbocycles. The molecule has 1 fully saturated rings. The molecule has 0 amide bonds. The molecule has 1 unspecified atom stereocenters. The summed E-state index contributed by atoms with van der Waals surface area (Å²) >= 11 is 3.38. The number of hydrogen-bond acceptors (Lipinski definition) is 3. The number of benzene rings is 1. The molecule has 1 aromatic rings. The molecule has 1 heterocycles. The maximum Gasteiger partial charge on any atom is 0.122 e. The Hall–Kier alpha value is -0.740. The summed E-state index contributed by atoms with van der Waals surface area (Å²) in [6, 6.07) is 5.57. The second-order valence-electron chi connectivity index (χ2n) is 3.67. The van der Waals surface area contributed by atoms with Crippen LogP contribution in [0.25, 0.3) is 0 Å². The smallest absolute Gasteiger partial charge is 0.122 e. The van der Waals surface area contributed by atoms with E-state index in [1.807, 2.05) is 18.2 Å². The molecule has 1 atom stereocenters. The summed E-state index contributed by atoms with van der Waals surface area (Å²) < 4.78 is 12.0. The van der Waals surface area contributed by atoms with Crippen molar-refractivity contribution in [2.24, 2.45) is 0 Å². The Balaban J connectivity index is 1.92. The second-order valence-corrected chi connectivity index (χ2v) is 4.58. The van der Waals surface area contributed by atoms with Gasteiger partial charge in [-0.25, -0.2) is 0 Å². The summed E-state index contributed by atoms with van der Waals surface area (Å²) in [4.78, 5) is 0. The maximum absolute atomic E-state index is 5.70. The van der Waals surface area contributed by atoms with E-state index in [0.717, 1.165) is 29.7 Å². The van der Waals surface area contributed by atoms with Crippen molar-refractivity contribution in [3.8, 4) is 5.75 Å². The first kappa shape index (κ1) is 10.8. The van der Waals surface area contributed by atoms with Crippen molar-refractivity contribution in [2.75, 3.05) is 18.9 Å². The van der Waals surface area contributed by atoms with Gasteiger partial charge in [-0.1, -0.05) is 15.9 Å². The van der Waals surface area contributed by atoms with Gasteiger partial charge in [-0.15, -0.1) is 0 Å². The van der Waals surface area contributed by atoms with Gasteiger partial charge in [-0.2, -0.15) is 0 Å². The zero-order valence-electron chi connectivity index (χ0n) is 8.41. The lowest BCUT2D eigenvalue weighted by molar-refractivity contribution is 0.0679. The van der Waals surface area contributed by atoms with E-state index < -0.39 is 0 Å². The topological polar surface area (TPSA) is 44.5 Å². The first-order valence-electron chi connectivity index (χ1n) is 5.04. The van der Waals surface area contributed by atoms with E-state index in [0.29, 0.717) is 12.3 Å². The molecular formula is C11H14BrNO2. The third-order valence-corrected chi connectivity index (χ3v) is 2.81. The van der Waals surface area contributed by atoms with Gasteiger partial charge in [-0.05, 0) is 25.0 Å². The summed E-state index contributed by atoms with van der Waals surface area (Å²) in [5.74, 6) is 0.789. The fraction of sp³-hybridized carbons (Fsp3) is 0.455. The van der Waals surface area contributed by atoms with Crippen LogP contribution in [0.4, 0.5) is 5.69 Å². The molecule has 2 rings (SSSR count). The molecule has 3 nitrogen and oxygen atoms in total. The summed E-state index contributed by atoms with van der Waals surface area (Å²) in [5.41, 5.74) is 6.40. The third kappa shape index (κ3) is 3.11. The molecule has 0 radical (unpaired) electrons. The van der Waals surface area contributed by atoms with Crippen molar-refractivity contribution in [3.05, 3.63) is 22.7 Å². The van der Waals surface area contributed by atoms with Crippen molar-refractivity contribution in [1.29, 1.82) is 0 Å². The highest BCUT2D eigenvalue weighted by Crippen LogP contribution is 2.23. The van der Waals surface area contributed by atoms with E-state index in [9.17, 15) is 0 Å². The number of halogens is 1. The van der Waals surface area contributed by atoms with Crippen molar-refractivity contribution < 1.29 is 9.47 Å². The molecule has 0 spiro atoms. The zero-order valence-corrected chi connectivity index (χ0v) is 10.00. The van der Waals surface area contributed by atoms with Crippen LogP contribution in [0.2, 0.25) is 0 Å². The Bertz CT molecular complexity index is 317. The molecule has 1 saturated heterocycles. The number of ether oxygens (including phenoxy) is 2. The Morgan fingerprint density at radius 2 is 2.33 bits per heavy atom. The van der Waals surface area contributed by atoms with E-state index in [1.54, 1.807) is 0 Å². The van der Waals surface area contributed by atoms with Crippen LogP contribution in [-0.4, -0.2) is 19.3 Å². The van der Waals surface area contributed by atoms with Gasteiger partial charge in [0.25, 0.3) is 0 Å². The molecule has 1 aliphatic heterocycles. The maximum atomic E-state index is 5.70. The van der Waals surface area contributed by atoms with Gasteiger partial charge in [0.1, 0.15) is 12.4 Å². The molecule has 1 aromatic carbocycles. The predicted octanol–water partition coefficient (Wildman–Crippen LogP) is 2.59. The van der Waals surface area contributed by atoms with Crippen LogP contribution in [0.5, 0.6) is 5.75 Å². The minimum atomic E-state index is 0.241. The lowest BCUT2D eigenvalue weighted by Crippen LogP contribution is -2.16. The van der Waals surface area contributed by atoms with Crippen LogP contribution in [0, 0.1) is 0 Å². The van der Waals surface area contributed by atoms with E-state index in [2.05, 4.69) is 15.9 Å². The van der Waals surface area contributed by atoms with Crippen LogP contribution in [0.1, 0.15) is 12.8 Å². The van der Waals surface area contributed by atoms with Crippen molar-refractivity contribution in [3.63, 3.8) is 0 Å². The minimum Gasteiger partial charge on any atom is -0.491 e. The normalized spacial score (nSPS) is 20.5. The van der Waals surface area contributed by atoms with Gasteiger partial charge >= 0.3 is 0 Å². The number of nitrogen functional groups attached to an aromatic ring is 1. The first-order chi connectivity index (χ1) is 7.24. The van der Waals surface area contributed by atoms with Crippen LogP contribution >= 0.6 is 15.9 Å². The SMILES string of the molecule is Nc1cc(Br)cc(OCC2CCCO2)c1. The fourth-order valence-electron chi connectivity index (χ4n) is 1.63. The Kier molecular flexibility index (Phi) is 3.49.